The molecule has 1 aliphatic rings. The second-order valence-electron chi connectivity index (χ2n) is 5.11. The molecule has 0 aliphatic heterocycles. The van der Waals surface area contributed by atoms with E-state index < -0.39 is 0 Å². The van der Waals surface area contributed by atoms with Gasteiger partial charge >= 0.3 is 0 Å². The Balaban J connectivity index is 1.67. The Morgan fingerprint density at radius 3 is 3.06 bits per heavy atom. The van der Waals surface area contributed by atoms with Crippen LogP contribution in [0.3, 0.4) is 0 Å². The Morgan fingerprint density at radius 2 is 2.28 bits per heavy atom. The molecule has 2 atom stereocenters. The van der Waals surface area contributed by atoms with Crippen LogP contribution in [0.1, 0.15) is 31.2 Å². The minimum atomic E-state index is 0.414. The summed E-state index contributed by atoms with van der Waals surface area (Å²) in [6.45, 7) is 1.05. The lowest BCUT2D eigenvalue weighted by Gasteiger charge is -2.19. The van der Waals surface area contributed by atoms with Gasteiger partial charge in [0.1, 0.15) is 0 Å². The van der Waals surface area contributed by atoms with Crippen molar-refractivity contribution in [3.05, 3.63) is 29.8 Å². The van der Waals surface area contributed by atoms with Crippen LogP contribution in [0.2, 0.25) is 0 Å². The number of hydrogen-bond donors (Lipinski definition) is 2. The van der Waals surface area contributed by atoms with E-state index in [4.69, 9.17) is 10.5 Å². The molecule has 0 aromatic heterocycles. The number of ether oxygens (including phenoxy) is 1. The number of methoxy groups -OCH3 is 1. The highest BCUT2D eigenvalue weighted by Crippen LogP contribution is 2.21. The largest absolute Gasteiger partial charge is 0.399 e. The first-order valence-corrected chi connectivity index (χ1v) is 6.90. The van der Waals surface area contributed by atoms with Crippen molar-refractivity contribution in [1.29, 1.82) is 0 Å². The molecule has 100 valence electrons. The lowest BCUT2D eigenvalue weighted by Crippen LogP contribution is -2.37. The van der Waals surface area contributed by atoms with E-state index in [0.717, 1.165) is 25.1 Å². The second kappa shape index (κ2) is 6.76. The Labute approximate surface area is 110 Å². The fraction of sp³-hybridized carbons (Fsp3) is 0.600. The molecular weight excluding hydrogens is 224 g/mol. The third-order valence-electron chi connectivity index (χ3n) is 3.76. The molecule has 0 saturated heterocycles. The number of nitrogens with two attached hydrogens (primary N) is 1. The maximum atomic E-state index is 5.77. The van der Waals surface area contributed by atoms with E-state index >= 15 is 0 Å². The van der Waals surface area contributed by atoms with Crippen LogP contribution in [0, 0.1) is 0 Å². The van der Waals surface area contributed by atoms with Gasteiger partial charge < -0.3 is 15.8 Å². The Morgan fingerprint density at radius 1 is 1.39 bits per heavy atom. The molecule has 3 heteroatoms. The van der Waals surface area contributed by atoms with Crippen molar-refractivity contribution in [1.82, 2.24) is 5.32 Å². The molecule has 1 aliphatic carbocycles. The zero-order chi connectivity index (χ0) is 12.8. The van der Waals surface area contributed by atoms with Crippen LogP contribution in [0.25, 0.3) is 0 Å². The van der Waals surface area contributed by atoms with Crippen molar-refractivity contribution in [2.45, 2.75) is 44.2 Å². The number of nitrogens with one attached hydrogen (secondary N) is 1. The first-order chi connectivity index (χ1) is 8.79. The van der Waals surface area contributed by atoms with Gasteiger partial charge in [0.2, 0.25) is 0 Å². The number of aryl methyl sites for hydroxylation is 1. The lowest BCUT2D eigenvalue weighted by atomic mass is 10.1. The van der Waals surface area contributed by atoms with Crippen LogP contribution in [-0.4, -0.2) is 25.8 Å². The number of benzene rings is 1. The molecule has 3 nitrogen and oxygen atoms in total. The second-order valence-corrected chi connectivity index (χ2v) is 5.11. The molecule has 1 aromatic rings. The lowest BCUT2D eigenvalue weighted by molar-refractivity contribution is 0.0852. The number of hydrogen-bond acceptors (Lipinski definition) is 3. The third kappa shape index (κ3) is 3.72. The van der Waals surface area contributed by atoms with Crippen molar-refractivity contribution < 1.29 is 4.74 Å². The van der Waals surface area contributed by atoms with Crippen molar-refractivity contribution in [3.8, 4) is 0 Å². The summed E-state index contributed by atoms with van der Waals surface area (Å²) < 4.78 is 5.48. The highest BCUT2D eigenvalue weighted by atomic mass is 16.5. The minimum Gasteiger partial charge on any atom is -0.399 e. The minimum absolute atomic E-state index is 0.414. The predicted molar refractivity (Wildman–Crippen MR) is 75.6 cm³/mol. The van der Waals surface area contributed by atoms with E-state index in [1.165, 1.54) is 24.8 Å². The Hall–Kier alpha value is -1.06. The topological polar surface area (TPSA) is 47.3 Å². The van der Waals surface area contributed by atoms with Crippen LogP contribution in [-0.2, 0) is 11.2 Å². The van der Waals surface area contributed by atoms with Crippen molar-refractivity contribution in [2.75, 3.05) is 19.4 Å². The fourth-order valence-corrected chi connectivity index (χ4v) is 2.77. The van der Waals surface area contributed by atoms with Gasteiger partial charge in [0.05, 0.1) is 6.10 Å². The molecule has 1 fully saturated rings. The fourth-order valence-electron chi connectivity index (χ4n) is 2.77. The van der Waals surface area contributed by atoms with Crippen molar-refractivity contribution in [3.63, 3.8) is 0 Å². The molecular formula is C15H24N2O. The highest BCUT2D eigenvalue weighted by molar-refractivity contribution is 5.40. The zero-order valence-corrected chi connectivity index (χ0v) is 11.2. The van der Waals surface area contributed by atoms with Crippen LogP contribution < -0.4 is 11.1 Å². The van der Waals surface area contributed by atoms with Crippen LogP contribution >= 0.6 is 0 Å². The Bertz CT molecular complexity index is 367. The molecule has 3 N–H and O–H groups in total. The van der Waals surface area contributed by atoms with Crippen LogP contribution in [0.15, 0.2) is 24.3 Å². The van der Waals surface area contributed by atoms with E-state index in [0.29, 0.717) is 12.1 Å². The molecule has 0 spiro atoms. The molecule has 0 heterocycles. The van der Waals surface area contributed by atoms with Crippen LogP contribution in [0.4, 0.5) is 5.69 Å². The summed E-state index contributed by atoms with van der Waals surface area (Å²) in [5, 5.41) is 3.61. The summed E-state index contributed by atoms with van der Waals surface area (Å²) in [4.78, 5) is 0. The van der Waals surface area contributed by atoms with Gasteiger partial charge in [-0.1, -0.05) is 12.1 Å². The summed E-state index contributed by atoms with van der Waals surface area (Å²) in [7, 11) is 1.82. The average molecular weight is 248 g/mol. The zero-order valence-electron chi connectivity index (χ0n) is 11.2. The predicted octanol–water partition coefficient (Wildman–Crippen LogP) is 2.36. The van der Waals surface area contributed by atoms with Gasteiger partial charge in [-0.15, -0.1) is 0 Å². The van der Waals surface area contributed by atoms with Crippen LogP contribution in [0.5, 0.6) is 0 Å². The SMILES string of the molecule is COC1CCCC1NCCCc1cccc(N)c1. The van der Waals surface area contributed by atoms with Gasteiger partial charge in [-0.25, -0.2) is 0 Å². The number of nitrogen functional groups attached to an aromatic ring is 1. The monoisotopic (exact) mass is 248 g/mol. The van der Waals surface area contributed by atoms with Gasteiger partial charge in [-0.3, -0.25) is 0 Å². The van der Waals surface area contributed by atoms with E-state index in [2.05, 4.69) is 17.4 Å². The smallest absolute Gasteiger partial charge is 0.0724 e. The normalized spacial score (nSPS) is 23.4. The molecule has 18 heavy (non-hydrogen) atoms. The van der Waals surface area contributed by atoms with E-state index in [1.54, 1.807) is 0 Å². The third-order valence-corrected chi connectivity index (χ3v) is 3.76. The quantitative estimate of drug-likeness (QED) is 0.600. The average Bonchev–Trinajstić information content (AvgIpc) is 2.82. The summed E-state index contributed by atoms with van der Waals surface area (Å²) in [6.07, 6.45) is 6.38. The van der Waals surface area contributed by atoms with Crippen molar-refractivity contribution >= 4 is 5.69 Å². The summed E-state index contributed by atoms with van der Waals surface area (Å²) in [5.41, 5.74) is 7.95. The van der Waals surface area contributed by atoms with Gasteiger partial charge in [0.25, 0.3) is 0 Å². The van der Waals surface area contributed by atoms with E-state index in [-0.39, 0.29) is 0 Å². The van der Waals surface area contributed by atoms with E-state index in [9.17, 15) is 0 Å². The first-order valence-electron chi connectivity index (χ1n) is 6.90. The van der Waals surface area contributed by atoms with Gasteiger partial charge in [-0.2, -0.15) is 0 Å². The van der Waals surface area contributed by atoms with Gasteiger partial charge in [-0.05, 0) is 56.3 Å². The standard InChI is InChI=1S/C15H24N2O/c1-18-15-9-3-8-14(15)17-10-4-6-12-5-2-7-13(16)11-12/h2,5,7,11,14-15,17H,3-4,6,8-10,16H2,1H3. The molecule has 1 saturated carbocycles. The summed E-state index contributed by atoms with van der Waals surface area (Å²) >= 11 is 0. The van der Waals surface area contributed by atoms with Gasteiger partial charge in [0, 0.05) is 18.8 Å². The highest BCUT2D eigenvalue weighted by Gasteiger charge is 2.25. The van der Waals surface area contributed by atoms with E-state index in [1.807, 2.05) is 19.2 Å². The maximum absolute atomic E-state index is 5.77. The molecule has 2 rings (SSSR count). The summed E-state index contributed by atoms with van der Waals surface area (Å²) in [5.74, 6) is 0. The Kier molecular flexibility index (Phi) is 5.02. The molecule has 1 aromatic carbocycles. The molecule has 0 radical (unpaired) electrons. The molecule has 2 unspecified atom stereocenters. The number of anilines is 1. The maximum Gasteiger partial charge on any atom is 0.0724 e. The summed E-state index contributed by atoms with van der Waals surface area (Å²) in [6, 6.07) is 8.72. The number of rotatable bonds is 6. The molecule has 0 amide bonds. The first kappa shape index (κ1) is 13.4. The van der Waals surface area contributed by atoms with Gasteiger partial charge in [0.15, 0.2) is 0 Å². The van der Waals surface area contributed by atoms with Crippen molar-refractivity contribution in [2.24, 2.45) is 0 Å². The molecule has 0 bridgehead atoms.